The van der Waals surface area contributed by atoms with Crippen molar-refractivity contribution in [2.45, 2.75) is 51.2 Å². The normalized spacial score (nSPS) is 18.5. The standard InChI is InChI=1S/C32H29BrN2O7/c1-5-41-28(38)25(34-26(36)21-13-9-10-14-22(21)27(34)37)18-32(19-11-7-6-8-12-19)23-16-15-20(33)17-24(23)35(29(32)39)30(40)42-31(2,3)4/h6-17,25H,5,18H2,1-4H3/t25-,32+/m0/s1. The number of esters is 1. The molecule has 2 heterocycles. The third kappa shape index (κ3) is 4.79. The van der Waals surface area contributed by atoms with Gasteiger partial charge in [-0.25, -0.2) is 14.5 Å². The van der Waals surface area contributed by atoms with Crippen LogP contribution in [0.5, 0.6) is 0 Å². The van der Waals surface area contributed by atoms with Gasteiger partial charge in [-0.05, 0) is 63.1 Å². The lowest BCUT2D eigenvalue weighted by Crippen LogP contribution is -2.53. The van der Waals surface area contributed by atoms with Crippen molar-refractivity contribution in [3.05, 3.63) is 99.5 Å². The molecule has 2 atom stereocenters. The highest BCUT2D eigenvalue weighted by Crippen LogP contribution is 2.51. The Balaban J connectivity index is 1.72. The molecule has 42 heavy (non-hydrogen) atoms. The van der Waals surface area contributed by atoms with Gasteiger partial charge in [0.2, 0.25) is 0 Å². The first-order chi connectivity index (χ1) is 19.9. The van der Waals surface area contributed by atoms with Gasteiger partial charge in [-0.3, -0.25) is 19.3 Å². The van der Waals surface area contributed by atoms with Crippen LogP contribution in [0.4, 0.5) is 10.5 Å². The Morgan fingerprint density at radius 1 is 0.905 bits per heavy atom. The molecule has 0 N–H and O–H groups in total. The molecule has 0 unspecified atom stereocenters. The number of carbonyl (C=O) groups is 5. The fourth-order valence-electron chi connectivity index (χ4n) is 5.57. The number of halogens is 1. The summed E-state index contributed by atoms with van der Waals surface area (Å²) in [5.74, 6) is -2.85. The van der Waals surface area contributed by atoms with Gasteiger partial charge in [0.25, 0.3) is 17.7 Å². The van der Waals surface area contributed by atoms with E-state index in [2.05, 4.69) is 15.9 Å². The summed E-state index contributed by atoms with van der Waals surface area (Å²) in [6.07, 6.45) is -1.26. The number of rotatable bonds is 6. The lowest BCUT2D eigenvalue weighted by molar-refractivity contribution is -0.148. The number of fused-ring (bicyclic) bond motifs is 2. The van der Waals surface area contributed by atoms with Gasteiger partial charge in [-0.15, -0.1) is 0 Å². The summed E-state index contributed by atoms with van der Waals surface area (Å²) in [5.41, 5.74) is -1.12. The van der Waals surface area contributed by atoms with Crippen LogP contribution >= 0.6 is 15.9 Å². The monoisotopic (exact) mass is 632 g/mol. The molecule has 3 aromatic rings. The molecule has 0 aliphatic carbocycles. The molecule has 3 aromatic carbocycles. The third-order valence-corrected chi connectivity index (χ3v) is 7.76. The van der Waals surface area contributed by atoms with E-state index < -0.39 is 46.8 Å². The van der Waals surface area contributed by atoms with Crippen LogP contribution in [0.2, 0.25) is 0 Å². The lowest BCUT2D eigenvalue weighted by atomic mass is 9.70. The highest BCUT2D eigenvalue weighted by Gasteiger charge is 2.58. The lowest BCUT2D eigenvalue weighted by Gasteiger charge is -2.35. The van der Waals surface area contributed by atoms with Crippen LogP contribution in [0.15, 0.2) is 77.3 Å². The average molecular weight is 633 g/mol. The van der Waals surface area contributed by atoms with Gasteiger partial charge in [0, 0.05) is 10.9 Å². The zero-order valence-electron chi connectivity index (χ0n) is 23.5. The number of nitrogens with zero attached hydrogens (tertiary/aromatic N) is 2. The van der Waals surface area contributed by atoms with Crippen LogP contribution in [-0.4, -0.2) is 52.9 Å². The van der Waals surface area contributed by atoms with Crippen molar-refractivity contribution >= 4 is 51.4 Å². The zero-order chi connectivity index (χ0) is 30.4. The van der Waals surface area contributed by atoms with E-state index in [9.17, 15) is 24.0 Å². The summed E-state index contributed by atoms with van der Waals surface area (Å²) >= 11 is 3.44. The quantitative estimate of drug-likeness (QED) is 0.256. The first kappa shape index (κ1) is 29.2. The highest BCUT2D eigenvalue weighted by atomic mass is 79.9. The largest absolute Gasteiger partial charge is 0.464 e. The van der Waals surface area contributed by atoms with Gasteiger partial charge in [0.05, 0.1) is 23.4 Å². The minimum Gasteiger partial charge on any atom is -0.464 e. The van der Waals surface area contributed by atoms with E-state index in [1.165, 1.54) is 12.1 Å². The van der Waals surface area contributed by atoms with Crippen molar-refractivity contribution in [2.75, 3.05) is 11.5 Å². The summed E-state index contributed by atoms with van der Waals surface area (Å²) in [6, 6.07) is 18.5. The number of carbonyl (C=O) groups excluding carboxylic acids is 5. The Kier molecular flexibility index (Phi) is 7.53. The molecule has 0 radical (unpaired) electrons. The molecule has 9 nitrogen and oxygen atoms in total. The second-order valence-corrected chi connectivity index (χ2v) is 12.0. The van der Waals surface area contributed by atoms with Crippen molar-refractivity contribution in [3.63, 3.8) is 0 Å². The van der Waals surface area contributed by atoms with E-state index in [1.54, 1.807) is 88.4 Å². The van der Waals surface area contributed by atoms with Crippen molar-refractivity contribution in [3.8, 4) is 0 Å². The fraction of sp³-hybridized carbons (Fsp3) is 0.281. The smallest absolute Gasteiger partial charge is 0.421 e. The molecule has 216 valence electrons. The fourth-order valence-corrected chi connectivity index (χ4v) is 5.92. The van der Waals surface area contributed by atoms with Crippen LogP contribution in [0, 0.1) is 0 Å². The topological polar surface area (TPSA) is 110 Å². The molecular formula is C32H29BrN2O7. The van der Waals surface area contributed by atoms with Crippen molar-refractivity contribution in [2.24, 2.45) is 0 Å². The van der Waals surface area contributed by atoms with Crippen molar-refractivity contribution < 1.29 is 33.4 Å². The highest BCUT2D eigenvalue weighted by molar-refractivity contribution is 9.10. The van der Waals surface area contributed by atoms with E-state index in [-0.39, 0.29) is 29.8 Å². The Hall–Kier alpha value is -4.31. The van der Waals surface area contributed by atoms with Gasteiger partial charge < -0.3 is 9.47 Å². The van der Waals surface area contributed by atoms with E-state index in [4.69, 9.17) is 9.47 Å². The maximum Gasteiger partial charge on any atom is 0.421 e. The molecule has 4 amide bonds. The maximum absolute atomic E-state index is 14.7. The predicted octanol–water partition coefficient (Wildman–Crippen LogP) is 5.63. The molecule has 10 heteroatoms. The van der Waals surface area contributed by atoms with Crippen LogP contribution in [-0.2, 0) is 24.5 Å². The molecule has 0 saturated carbocycles. The molecule has 0 saturated heterocycles. The van der Waals surface area contributed by atoms with Crippen molar-refractivity contribution in [1.82, 2.24) is 4.90 Å². The summed E-state index contributed by atoms with van der Waals surface area (Å²) in [5, 5.41) is 0. The minimum absolute atomic E-state index is 0.0155. The number of anilines is 1. The van der Waals surface area contributed by atoms with Crippen LogP contribution in [0.1, 0.15) is 66.0 Å². The number of imide groups is 2. The van der Waals surface area contributed by atoms with Gasteiger partial charge in [-0.2, -0.15) is 0 Å². The summed E-state index contributed by atoms with van der Waals surface area (Å²) in [7, 11) is 0. The second-order valence-electron chi connectivity index (χ2n) is 11.1. The Morgan fingerprint density at radius 2 is 1.50 bits per heavy atom. The summed E-state index contributed by atoms with van der Waals surface area (Å²) in [4.78, 5) is 70.9. The molecule has 0 spiro atoms. The average Bonchev–Trinajstić information content (AvgIpc) is 3.34. The molecule has 5 rings (SSSR count). The third-order valence-electron chi connectivity index (χ3n) is 7.27. The Bertz CT molecular complexity index is 1580. The van der Waals surface area contributed by atoms with Crippen LogP contribution in [0.3, 0.4) is 0 Å². The van der Waals surface area contributed by atoms with E-state index in [0.717, 1.165) is 9.80 Å². The van der Waals surface area contributed by atoms with E-state index in [1.807, 2.05) is 0 Å². The second kappa shape index (κ2) is 10.8. The maximum atomic E-state index is 14.7. The van der Waals surface area contributed by atoms with E-state index in [0.29, 0.717) is 15.6 Å². The first-order valence-corrected chi connectivity index (χ1v) is 14.3. The molecule has 2 aliphatic heterocycles. The number of hydrogen-bond acceptors (Lipinski definition) is 7. The number of amides is 4. The Labute approximate surface area is 251 Å². The van der Waals surface area contributed by atoms with Gasteiger partial charge in [0.1, 0.15) is 17.1 Å². The summed E-state index contributed by atoms with van der Waals surface area (Å²) < 4.78 is 11.6. The summed E-state index contributed by atoms with van der Waals surface area (Å²) in [6.45, 7) is 6.67. The molecular weight excluding hydrogens is 604 g/mol. The number of hydrogen-bond donors (Lipinski definition) is 0. The molecule has 2 aliphatic rings. The SMILES string of the molecule is CCOC(=O)[C@H](C[C@]1(c2ccccc2)C(=O)N(C(=O)OC(C)(C)C)c2cc(Br)ccc21)N1C(=O)c2ccccc2C1=O. The predicted molar refractivity (Wildman–Crippen MR) is 157 cm³/mol. The van der Waals surface area contributed by atoms with Gasteiger partial charge in [0.15, 0.2) is 0 Å². The number of ether oxygens (including phenoxy) is 2. The Morgan fingerprint density at radius 3 is 2.07 bits per heavy atom. The van der Waals surface area contributed by atoms with Crippen LogP contribution < -0.4 is 4.90 Å². The molecule has 0 bridgehead atoms. The first-order valence-electron chi connectivity index (χ1n) is 13.5. The zero-order valence-corrected chi connectivity index (χ0v) is 25.1. The van der Waals surface area contributed by atoms with Crippen molar-refractivity contribution in [1.29, 1.82) is 0 Å². The van der Waals surface area contributed by atoms with Gasteiger partial charge >= 0.3 is 12.1 Å². The van der Waals surface area contributed by atoms with Crippen LogP contribution in [0.25, 0.3) is 0 Å². The minimum atomic E-state index is -1.67. The molecule has 0 aromatic heterocycles. The molecule has 0 fully saturated rings. The van der Waals surface area contributed by atoms with Gasteiger partial charge in [-0.1, -0.05) is 64.5 Å². The number of benzene rings is 3. The van der Waals surface area contributed by atoms with E-state index >= 15 is 0 Å².